The summed E-state index contributed by atoms with van der Waals surface area (Å²) in [6.45, 7) is 1.57. The van der Waals surface area contributed by atoms with Gasteiger partial charge in [-0.1, -0.05) is 47.5 Å². The summed E-state index contributed by atoms with van der Waals surface area (Å²) in [5.74, 6) is -1.40. The number of methoxy groups -OCH3 is 1. The molecule has 2 aromatic rings. The zero-order chi connectivity index (χ0) is 17.7. The van der Waals surface area contributed by atoms with Crippen LogP contribution in [0.2, 0.25) is 10.0 Å². The van der Waals surface area contributed by atoms with E-state index < -0.39 is 17.9 Å². The summed E-state index contributed by atoms with van der Waals surface area (Å²) in [5.41, 5.74) is 1.52. The van der Waals surface area contributed by atoms with Crippen molar-refractivity contribution in [2.24, 2.45) is 0 Å². The minimum absolute atomic E-state index is 0.308. The maximum Gasteiger partial charge on any atom is 0.328 e. The van der Waals surface area contributed by atoms with Crippen molar-refractivity contribution < 1.29 is 14.3 Å². The molecule has 0 spiro atoms. The Morgan fingerprint density at radius 1 is 0.917 bits per heavy atom. The Labute approximate surface area is 150 Å². The summed E-state index contributed by atoms with van der Waals surface area (Å²) in [6, 6.07) is 13.3. The van der Waals surface area contributed by atoms with Gasteiger partial charge in [-0.25, -0.2) is 4.79 Å². The van der Waals surface area contributed by atoms with Crippen molar-refractivity contribution in [3.05, 3.63) is 69.7 Å². The van der Waals surface area contributed by atoms with Gasteiger partial charge in [0.15, 0.2) is 0 Å². The Balaban J connectivity index is 2.35. The number of benzene rings is 2. The number of amides is 1. The number of ether oxygens (including phenoxy) is 1. The second-order valence-corrected chi connectivity index (χ2v) is 6.16. The Kier molecular flexibility index (Phi) is 6.23. The Hall–Kier alpha value is -2.04. The van der Waals surface area contributed by atoms with Crippen LogP contribution in [-0.4, -0.2) is 25.0 Å². The van der Waals surface area contributed by atoms with Crippen LogP contribution in [0, 0.1) is 0 Å². The van der Waals surface area contributed by atoms with Gasteiger partial charge < -0.3 is 10.1 Å². The molecule has 2 aromatic carbocycles. The molecule has 0 aliphatic rings. The van der Waals surface area contributed by atoms with Crippen molar-refractivity contribution in [3.8, 4) is 0 Å². The van der Waals surface area contributed by atoms with Crippen molar-refractivity contribution in [2.45, 2.75) is 18.9 Å². The second kappa shape index (κ2) is 8.18. The van der Waals surface area contributed by atoms with Gasteiger partial charge in [-0.05, 0) is 42.3 Å². The number of hydrogen-bond acceptors (Lipinski definition) is 3. The molecule has 6 heteroatoms. The van der Waals surface area contributed by atoms with Crippen LogP contribution < -0.4 is 5.32 Å². The van der Waals surface area contributed by atoms with E-state index >= 15 is 0 Å². The van der Waals surface area contributed by atoms with Crippen molar-refractivity contribution in [3.63, 3.8) is 0 Å². The zero-order valence-electron chi connectivity index (χ0n) is 13.3. The third-order valence-corrected chi connectivity index (χ3v) is 4.09. The third-order valence-electron chi connectivity index (χ3n) is 3.58. The molecule has 0 bridgehead atoms. The molecule has 0 aliphatic heterocycles. The first-order chi connectivity index (χ1) is 11.4. The molecule has 0 heterocycles. The Morgan fingerprint density at radius 2 is 1.33 bits per heavy atom. The van der Waals surface area contributed by atoms with E-state index in [1.165, 1.54) is 7.11 Å². The van der Waals surface area contributed by atoms with Gasteiger partial charge in [0, 0.05) is 10.0 Å². The van der Waals surface area contributed by atoms with Crippen LogP contribution in [0.25, 0.3) is 0 Å². The average molecular weight is 366 g/mol. The van der Waals surface area contributed by atoms with E-state index in [0.29, 0.717) is 10.0 Å². The van der Waals surface area contributed by atoms with E-state index in [-0.39, 0.29) is 5.91 Å². The standard InChI is InChI=1S/C18H17Cl2NO3/c1-11(18(23)24-2)21-17(22)16(12-3-7-14(19)8-4-12)13-5-9-15(20)10-6-13/h3-11,16H,1-2H3,(H,21,22)/t11-/m0/s1. The molecule has 0 saturated heterocycles. The van der Waals surface area contributed by atoms with Gasteiger partial charge in [0.05, 0.1) is 13.0 Å². The minimum Gasteiger partial charge on any atom is -0.467 e. The second-order valence-electron chi connectivity index (χ2n) is 5.29. The maximum atomic E-state index is 12.8. The molecule has 0 aliphatic carbocycles. The zero-order valence-corrected chi connectivity index (χ0v) is 14.8. The lowest BCUT2D eigenvalue weighted by molar-refractivity contribution is -0.144. The van der Waals surface area contributed by atoms with E-state index in [1.54, 1.807) is 55.5 Å². The number of rotatable bonds is 5. The number of carbonyl (C=O) groups excluding carboxylic acids is 2. The van der Waals surface area contributed by atoms with Crippen molar-refractivity contribution >= 4 is 35.1 Å². The summed E-state index contributed by atoms with van der Waals surface area (Å²) in [6.07, 6.45) is 0. The predicted molar refractivity (Wildman–Crippen MR) is 94.4 cm³/mol. The lowest BCUT2D eigenvalue weighted by Crippen LogP contribution is -2.41. The summed E-state index contributed by atoms with van der Waals surface area (Å²) < 4.78 is 4.65. The largest absolute Gasteiger partial charge is 0.467 e. The minimum atomic E-state index is -0.746. The quantitative estimate of drug-likeness (QED) is 0.819. The van der Waals surface area contributed by atoms with E-state index in [0.717, 1.165) is 11.1 Å². The lowest BCUT2D eigenvalue weighted by Gasteiger charge is -2.20. The number of hydrogen-bond donors (Lipinski definition) is 1. The fourth-order valence-corrected chi connectivity index (χ4v) is 2.59. The van der Waals surface area contributed by atoms with Gasteiger partial charge in [-0.2, -0.15) is 0 Å². The van der Waals surface area contributed by atoms with Gasteiger partial charge in [0.25, 0.3) is 0 Å². The van der Waals surface area contributed by atoms with E-state index in [1.807, 2.05) is 0 Å². The molecule has 1 amide bonds. The van der Waals surface area contributed by atoms with Crippen LogP contribution in [0.5, 0.6) is 0 Å². The molecule has 0 aromatic heterocycles. The first-order valence-electron chi connectivity index (χ1n) is 7.31. The normalized spacial score (nSPS) is 11.9. The van der Waals surface area contributed by atoms with Crippen molar-refractivity contribution in [2.75, 3.05) is 7.11 Å². The summed E-state index contributed by atoms with van der Waals surface area (Å²) in [4.78, 5) is 24.3. The Bertz CT molecular complexity index is 669. The highest BCUT2D eigenvalue weighted by Gasteiger charge is 2.26. The molecule has 1 N–H and O–H groups in total. The summed E-state index contributed by atoms with van der Waals surface area (Å²) >= 11 is 11.9. The van der Waals surface area contributed by atoms with Crippen LogP contribution >= 0.6 is 23.2 Å². The van der Waals surface area contributed by atoms with Crippen LogP contribution in [0.4, 0.5) is 0 Å². The topological polar surface area (TPSA) is 55.4 Å². The monoisotopic (exact) mass is 365 g/mol. The van der Waals surface area contributed by atoms with Gasteiger partial charge >= 0.3 is 5.97 Å². The van der Waals surface area contributed by atoms with Crippen LogP contribution in [0.15, 0.2) is 48.5 Å². The number of esters is 1. The van der Waals surface area contributed by atoms with E-state index in [2.05, 4.69) is 10.1 Å². The smallest absolute Gasteiger partial charge is 0.328 e. The molecule has 2 rings (SSSR count). The maximum absolute atomic E-state index is 12.8. The third kappa shape index (κ3) is 4.49. The molecular formula is C18H17Cl2NO3. The lowest BCUT2D eigenvalue weighted by atomic mass is 9.90. The van der Waals surface area contributed by atoms with Crippen LogP contribution in [0.3, 0.4) is 0 Å². The van der Waals surface area contributed by atoms with E-state index in [9.17, 15) is 9.59 Å². The fourth-order valence-electron chi connectivity index (χ4n) is 2.34. The summed E-state index contributed by atoms with van der Waals surface area (Å²) in [5, 5.41) is 3.84. The first kappa shape index (κ1) is 18.3. The predicted octanol–water partition coefficient (Wildman–Crippen LogP) is 3.80. The van der Waals surface area contributed by atoms with Crippen molar-refractivity contribution in [1.82, 2.24) is 5.32 Å². The Morgan fingerprint density at radius 3 is 1.71 bits per heavy atom. The molecule has 24 heavy (non-hydrogen) atoms. The van der Waals surface area contributed by atoms with Crippen LogP contribution in [-0.2, 0) is 14.3 Å². The molecule has 0 radical (unpaired) electrons. The number of carbonyl (C=O) groups is 2. The average Bonchev–Trinajstić information content (AvgIpc) is 2.57. The molecule has 126 valence electrons. The number of nitrogens with one attached hydrogen (secondary N) is 1. The first-order valence-corrected chi connectivity index (χ1v) is 8.07. The van der Waals surface area contributed by atoms with Crippen LogP contribution in [0.1, 0.15) is 24.0 Å². The van der Waals surface area contributed by atoms with Gasteiger partial charge in [-0.3, -0.25) is 4.79 Å². The molecule has 0 fully saturated rings. The van der Waals surface area contributed by atoms with E-state index in [4.69, 9.17) is 23.2 Å². The molecule has 4 nitrogen and oxygen atoms in total. The number of halogens is 2. The molecule has 1 atom stereocenters. The molecule has 0 saturated carbocycles. The van der Waals surface area contributed by atoms with Gasteiger partial charge in [0.2, 0.25) is 5.91 Å². The summed E-state index contributed by atoms with van der Waals surface area (Å²) in [7, 11) is 1.28. The van der Waals surface area contributed by atoms with Crippen molar-refractivity contribution in [1.29, 1.82) is 0 Å². The molecular weight excluding hydrogens is 349 g/mol. The van der Waals surface area contributed by atoms with Gasteiger partial charge in [0.1, 0.15) is 6.04 Å². The highest BCUT2D eigenvalue weighted by atomic mass is 35.5. The highest BCUT2D eigenvalue weighted by Crippen LogP contribution is 2.27. The highest BCUT2D eigenvalue weighted by molar-refractivity contribution is 6.30. The fraction of sp³-hybridized carbons (Fsp3) is 0.222. The van der Waals surface area contributed by atoms with Gasteiger partial charge in [-0.15, -0.1) is 0 Å². The SMILES string of the molecule is COC(=O)[C@H](C)NC(=O)C(c1ccc(Cl)cc1)c1ccc(Cl)cc1. The molecule has 0 unspecified atom stereocenters.